The molecular formula is C13H25Br. The maximum atomic E-state index is 3.87. The molecule has 1 fully saturated rings. The fourth-order valence-corrected chi connectivity index (χ4v) is 3.30. The Morgan fingerprint density at radius 1 is 1.07 bits per heavy atom. The lowest BCUT2D eigenvalue weighted by atomic mass is 9.98. The van der Waals surface area contributed by atoms with E-state index in [4.69, 9.17) is 0 Å². The van der Waals surface area contributed by atoms with E-state index in [-0.39, 0.29) is 0 Å². The van der Waals surface area contributed by atoms with Crippen LogP contribution in [0.25, 0.3) is 0 Å². The molecule has 0 bridgehead atoms. The molecule has 0 heterocycles. The van der Waals surface area contributed by atoms with Crippen LogP contribution in [0.1, 0.15) is 65.2 Å². The highest BCUT2D eigenvalue weighted by Gasteiger charge is 2.22. The third kappa shape index (κ3) is 4.82. The summed E-state index contributed by atoms with van der Waals surface area (Å²) >= 11 is 3.87. The van der Waals surface area contributed by atoms with Crippen LogP contribution in [0.5, 0.6) is 0 Å². The Kier molecular flexibility index (Phi) is 6.16. The highest BCUT2D eigenvalue weighted by molar-refractivity contribution is 9.09. The number of hydrogen-bond donors (Lipinski definition) is 0. The van der Waals surface area contributed by atoms with E-state index < -0.39 is 0 Å². The molecule has 84 valence electrons. The fraction of sp³-hybridized carbons (Fsp3) is 1.00. The summed E-state index contributed by atoms with van der Waals surface area (Å²) in [7, 11) is 0. The number of unbranched alkanes of at least 4 members (excludes halogenated alkanes) is 1. The highest BCUT2D eigenvalue weighted by Crippen LogP contribution is 2.33. The molecule has 1 atom stereocenters. The molecule has 0 aliphatic heterocycles. The minimum atomic E-state index is 0.817. The zero-order chi connectivity index (χ0) is 10.4. The van der Waals surface area contributed by atoms with E-state index in [1.165, 1.54) is 51.4 Å². The normalized spacial score (nSPS) is 20.6. The fourth-order valence-electron chi connectivity index (χ4n) is 2.45. The molecule has 0 spiro atoms. The summed E-state index contributed by atoms with van der Waals surface area (Å²) in [4.78, 5) is 0.817. The van der Waals surface area contributed by atoms with Gasteiger partial charge in [-0.25, -0.2) is 0 Å². The average molecular weight is 261 g/mol. The van der Waals surface area contributed by atoms with E-state index >= 15 is 0 Å². The van der Waals surface area contributed by atoms with Crippen LogP contribution >= 0.6 is 15.9 Å². The van der Waals surface area contributed by atoms with E-state index in [0.717, 1.165) is 16.7 Å². The van der Waals surface area contributed by atoms with Crippen molar-refractivity contribution in [2.24, 2.45) is 11.8 Å². The molecule has 1 aliphatic rings. The van der Waals surface area contributed by atoms with E-state index in [9.17, 15) is 0 Å². The summed E-state index contributed by atoms with van der Waals surface area (Å²) in [5.74, 6) is 1.88. The van der Waals surface area contributed by atoms with E-state index in [2.05, 4.69) is 29.8 Å². The Morgan fingerprint density at radius 2 is 1.64 bits per heavy atom. The molecule has 0 amide bonds. The lowest BCUT2D eigenvalue weighted by Gasteiger charge is -2.16. The standard InChI is InChI=1S/C13H25Br/c1-11(2)7-3-6-10-13(14)12-8-4-5-9-12/h11-13H,3-10H2,1-2H3. The molecule has 1 unspecified atom stereocenters. The Labute approximate surface area is 98.0 Å². The molecule has 0 aromatic rings. The molecule has 1 heteroatoms. The number of halogens is 1. The average Bonchev–Trinajstić information content (AvgIpc) is 2.64. The van der Waals surface area contributed by atoms with Crippen LogP contribution in [-0.2, 0) is 0 Å². The highest BCUT2D eigenvalue weighted by atomic mass is 79.9. The van der Waals surface area contributed by atoms with Crippen molar-refractivity contribution in [1.29, 1.82) is 0 Å². The third-order valence-electron chi connectivity index (χ3n) is 3.42. The van der Waals surface area contributed by atoms with Crippen molar-refractivity contribution in [3.63, 3.8) is 0 Å². The number of alkyl halides is 1. The quantitative estimate of drug-likeness (QED) is 0.458. The van der Waals surface area contributed by atoms with Gasteiger partial charge in [0.2, 0.25) is 0 Å². The molecule has 1 rings (SSSR count). The molecular weight excluding hydrogens is 236 g/mol. The van der Waals surface area contributed by atoms with Gasteiger partial charge in [0.15, 0.2) is 0 Å². The Bertz CT molecular complexity index is 136. The molecule has 0 N–H and O–H groups in total. The van der Waals surface area contributed by atoms with Crippen molar-refractivity contribution in [2.45, 2.75) is 70.0 Å². The van der Waals surface area contributed by atoms with Crippen molar-refractivity contribution >= 4 is 15.9 Å². The monoisotopic (exact) mass is 260 g/mol. The van der Waals surface area contributed by atoms with Crippen LogP contribution in [0.3, 0.4) is 0 Å². The topological polar surface area (TPSA) is 0 Å². The van der Waals surface area contributed by atoms with Crippen molar-refractivity contribution in [1.82, 2.24) is 0 Å². The van der Waals surface area contributed by atoms with Crippen molar-refractivity contribution in [3.05, 3.63) is 0 Å². The van der Waals surface area contributed by atoms with Gasteiger partial charge in [0.05, 0.1) is 0 Å². The van der Waals surface area contributed by atoms with Crippen LogP contribution in [0.2, 0.25) is 0 Å². The van der Waals surface area contributed by atoms with Crippen LogP contribution in [0, 0.1) is 11.8 Å². The zero-order valence-electron chi connectivity index (χ0n) is 9.77. The SMILES string of the molecule is CC(C)CCCCC(Br)C1CCCC1. The summed E-state index contributed by atoms with van der Waals surface area (Å²) in [6.07, 6.45) is 11.5. The van der Waals surface area contributed by atoms with Gasteiger partial charge in [-0.3, -0.25) is 0 Å². The van der Waals surface area contributed by atoms with Crippen molar-refractivity contribution in [2.75, 3.05) is 0 Å². The van der Waals surface area contributed by atoms with Gasteiger partial charge >= 0.3 is 0 Å². The molecule has 0 aromatic heterocycles. The van der Waals surface area contributed by atoms with Crippen LogP contribution in [0.15, 0.2) is 0 Å². The first kappa shape index (κ1) is 12.5. The summed E-state index contributed by atoms with van der Waals surface area (Å²) in [6.45, 7) is 4.64. The van der Waals surface area contributed by atoms with Gasteiger partial charge in [0.1, 0.15) is 0 Å². The third-order valence-corrected chi connectivity index (χ3v) is 4.63. The molecule has 0 aromatic carbocycles. The van der Waals surface area contributed by atoms with Gasteiger partial charge in [-0.2, -0.15) is 0 Å². The second kappa shape index (κ2) is 6.87. The molecule has 0 radical (unpaired) electrons. The molecule has 0 nitrogen and oxygen atoms in total. The minimum Gasteiger partial charge on any atom is -0.0888 e. The summed E-state index contributed by atoms with van der Waals surface area (Å²) < 4.78 is 0. The van der Waals surface area contributed by atoms with Crippen molar-refractivity contribution in [3.8, 4) is 0 Å². The first-order chi connectivity index (χ1) is 6.70. The maximum absolute atomic E-state index is 3.87. The van der Waals surface area contributed by atoms with E-state index in [0.29, 0.717) is 0 Å². The van der Waals surface area contributed by atoms with E-state index in [1.807, 2.05) is 0 Å². The minimum absolute atomic E-state index is 0.817. The lowest BCUT2D eigenvalue weighted by molar-refractivity contribution is 0.467. The van der Waals surface area contributed by atoms with Crippen molar-refractivity contribution < 1.29 is 0 Å². The van der Waals surface area contributed by atoms with Gasteiger partial charge in [-0.15, -0.1) is 0 Å². The maximum Gasteiger partial charge on any atom is 0.0174 e. The Balaban J connectivity index is 1.99. The van der Waals surface area contributed by atoms with Gasteiger partial charge in [0.25, 0.3) is 0 Å². The zero-order valence-corrected chi connectivity index (χ0v) is 11.4. The number of hydrogen-bond acceptors (Lipinski definition) is 0. The largest absolute Gasteiger partial charge is 0.0888 e. The number of rotatable bonds is 6. The van der Waals surface area contributed by atoms with E-state index in [1.54, 1.807) is 0 Å². The second-order valence-electron chi connectivity index (χ2n) is 5.24. The van der Waals surface area contributed by atoms with Gasteiger partial charge < -0.3 is 0 Å². The summed E-state index contributed by atoms with van der Waals surface area (Å²) in [5.41, 5.74) is 0. The predicted octanol–water partition coefficient (Wildman–Crippen LogP) is 5.16. The van der Waals surface area contributed by atoms with Gasteiger partial charge in [0, 0.05) is 4.83 Å². The van der Waals surface area contributed by atoms with Crippen LogP contribution in [0.4, 0.5) is 0 Å². The second-order valence-corrected chi connectivity index (χ2v) is 6.41. The molecule has 1 aliphatic carbocycles. The Morgan fingerprint density at radius 3 is 2.21 bits per heavy atom. The lowest BCUT2D eigenvalue weighted by Crippen LogP contribution is -2.10. The smallest absolute Gasteiger partial charge is 0.0174 e. The first-order valence-electron chi connectivity index (χ1n) is 6.34. The molecule has 14 heavy (non-hydrogen) atoms. The molecule has 1 saturated carbocycles. The van der Waals surface area contributed by atoms with Crippen LogP contribution in [-0.4, -0.2) is 4.83 Å². The van der Waals surface area contributed by atoms with Gasteiger partial charge in [-0.05, 0) is 31.1 Å². The first-order valence-corrected chi connectivity index (χ1v) is 7.25. The van der Waals surface area contributed by atoms with Crippen LogP contribution < -0.4 is 0 Å². The summed E-state index contributed by atoms with van der Waals surface area (Å²) in [5, 5.41) is 0. The predicted molar refractivity (Wildman–Crippen MR) is 68.0 cm³/mol. The molecule has 0 saturated heterocycles. The van der Waals surface area contributed by atoms with Gasteiger partial charge in [-0.1, -0.05) is 61.9 Å². The Hall–Kier alpha value is 0.480. The summed E-state index contributed by atoms with van der Waals surface area (Å²) in [6, 6.07) is 0.